The van der Waals surface area contributed by atoms with Gasteiger partial charge in [0.05, 0.1) is 64.0 Å². The molecule has 37 heavy (non-hydrogen) atoms. The van der Waals surface area contributed by atoms with Crippen LogP contribution in [0.15, 0.2) is 18.2 Å². The SMILES string of the molecule is NC(=O)CCOCCOCCOCCOCCNc1ccc2c(c1)C(=O)N(C1CCC(=O)NC1=O)C2=O. The van der Waals surface area contributed by atoms with E-state index >= 15 is 0 Å². The largest absolute Gasteiger partial charge is 0.383 e. The van der Waals surface area contributed by atoms with E-state index < -0.39 is 35.6 Å². The Morgan fingerprint density at radius 2 is 1.49 bits per heavy atom. The van der Waals surface area contributed by atoms with Gasteiger partial charge in [0.1, 0.15) is 6.04 Å². The van der Waals surface area contributed by atoms with Crippen molar-refractivity contribution in [2.24, 2.45) is 5.73 Å². The van der Waals surface area contributed by atoms with Gasteiger partial charge in [-0.1, -0.05) is 0 Å². The number of nitrogens with one attached hydrogen (secondary N) is 2. The molecule has 0 aliphatic carbocycles. The maximum absolute atomic E-state index is 12.9. The van der Waals surface area contributed by atoms with Gasteiger partial charge in [0.25, 0.3) is 11.8 Å². The summed E-state index contributed by atoms with van der Waals surface area (Å²) in [5, 5.41) is 5.31. The van der Waals surface area contributed by atoms with Crippen molar-refractivity contribution in [3.05, 3.63) is 29.3 Å². The fraction of sp³-hybridized carbons (Fsp3) is 0.542. The molecule has 0 aromatic heterocycles. The number of hydrogen-bond donors (Lipinski definition) is 3. The summed E-state index contributed by atoms with van der Waals surface area (Å²) in [6.45, 7) is 3.58. The number of amides is 5. The van der Waals surface area contributed by atoms with Gasteiger partial charge in [-0.3, -0.25) is 34.2 Å². The highest BCUT2D eigenvalue weighted by Gasteiger charge is 2.44. The zero-order valence-electron chi connectivity index (χ0n) is 20.5. The second kappa shape index (κ2) is 14.4. The summed E-state index contributed by atoms with van der Waals surface area (Å²) in [7, 11) is 0. The topological polar surface area (TPSA) is 176 Å². The van der Waals surface area contributed by atoms with E-state index in [1.54, 1.807) is 18.2 Å². The number of piperidine rings is 1. The van der Waals surface area contributed by atoms with Gasteiger partial charge in [-0.2, -0.15) is 0 Å². The number of hydrogen-bond acceptors (Lipinski definition) is 10. The quantitative estimate of drug-likeness (QED) is 0.178. The van der Waals surface area contributed by atoms with E-state index in [1.165, 1.54) is 0 Å². The van der Waals surface area contributed by atoms with Crippen LogP contribution in [0, 0.1) is 0 Å². The molecule has 13 nitrogen and oxygen atoms in total. The predicted octanol–water partition coefficient (Wildman–Crippen LogP) is -0.558. The predicted molar refractivity (Wildman–Crippen MR) is 129 cm³/mol. The van der Waals surface area contributed by atoms with Crippen LogP contribution in [0.2, 0.25) is 0 Å². The van der Waals surface area contributed by atoms with Crippen LogP contribution in [0.3, 0.4) is 0 Å². The molecule has 13 heteroatoms. The van der Waals surface area contributed by atoms with E-state index in [1.807, 2.05) is 0 Å². The third kappa shape index (κ3) is 8.32. The Bertz CT molecular complexity index is 1000. The molecule has 3 rings (SSSR count). The number of nitrogens with two attached hydrogens (primary N) is 1. The van der Waals surface area contributed by atoms with Crippen LogP contribution in [-0.2, 0) is 33.3 Å². The molecule has 2 heterocycles. The summed E-state index contributed by atoms with van der Waals surface area (Å²) in [5.41, 5.74) is 6.09. The summed E-state index contributed by atoms with van der Waals surface area (Å²) in [5.74, 6) is -2.54. The van der Waals surface area contributed by atoms with E-state index in [0.29, 0.717) is 58.5 Å². The fourth-order valence-corrected chi connectivity index (χ4v) is 3.78. The van der Waals surface area contributed by atoms with Gasteiger partial charge in [0.2, 0.25) is 17.7 Å². The van der Waals surface area contributed by atoms with Gasteiger partial charge in [0.15, 0.2) is 0 Å². The first kappa shape index (κ1) is 28.2. The summed E-state index contributed by atoms with van der Waals surface area (Å²) in [4.78, 5) is 60.6. The molecule has 1 aromatic carbocycles. The van der Waals surface area contributed by atoms with Crippen molar-refractivity contribution in [1.29, 1.82) is 0 Å². The smallest absolute Gasteiger partial charge is 0.262 e. The zero-order valence-corrected chi connectivity index (χ0v) is 20.5. The molecule has 202 valence electrons. The van der Waals surface area contributed by atoms with Gasteiger partial charge in [-0.25, -0.2) is 0 Å². The number of primary amides is 1. The van der Waals surface area contributed by atoms with E-state index in [2.05, 4.69) is 10.6 Å². The third-order valence-corrected chi connectivity index (χ3v) is 5.62. The van der Waals surface area contributed by atoms with Crippen molar-refractivity contribution in [2.75, 3.05) is 64.7 Å². The first-order chi connectivity index (χ1) is 17.9. The van der Waals surface area contributed by atoms with Crippen molar-refractivity contribution in [3.8, 4) is 0 Å². The molecule has 1 unspecified atom stereocenters. The molecule has 1 fully saturated rings. The second-order valence-corrected chi connectivity index (χ2v) is 8.30. The van der Waals surface area contributed by atoms with E-state index in [4.69, 9.17) is 24.7 Å². The lowest BCUT2D eigenvalue weighted by Crippen LogP contribution is -2.54. The first-order valence-corrected chi connectivity index (χ1v) is 12.1. The van der Waals surface area contributed by atoms with Gasteiger partial charge < -0.3 is 30.0 Å². The Morgan fingerprint density at radius 1 is 0.892 bits per heavy atom. The van der Waals surface area contributed by atoms with Gasteiger partial charge in [-0.15, -0.1) is 0 Å². The minimum atomic E-state index is -0.989. The van der Waals surface area contributed by atoms with Gasteiger partial charge in [0, 0.05) is 25.1 Å². The Balaban J connectivity index is 1.26. The molecule has 0 bridgehead atoms. The van der Waals surface area contributed by atoms with Crippen LogP contribution in [-0.4, -0.2) is 99.9 Å². The molecule has 2 aliphatic heterocycles. The normalized spacial score (nSPS) is 17.2. The number of nitrogens with zero attached hydrogens (tertiary/aromatic N) is 1. The van der Waals surface area contributed by atoms with E-state index in [9.17, 15) is 24.0 Å². The molecule has 1 saturated heterocycles. The van der Waals surface area contributed by atoms with Crippen molar-refractivity contribution in [1.82, 2.24) is 10.2 Å². The Labute approximate surface area is 213 Å². The maximum atomic E-state index is 12.9. The number of imide groups is 2. The molecular weight excluding hydrogens is 488 g/mol. The monoisotopic (exact) mass is 520 g/mol. The average Bonchev–Trinajstić information content (AvgIpc) is 3.11. The maximum Gasteiger partial charge on any atom is 0.262 e. The lowest BCUT2D eigenvalue weighted by Gasteiger charge is -2.27. The standard InChI is InChI=1S/C24H32N4O9/c25-20(29)5-7-34-9-11-36-13-14-37-12-10-35-8-6-26-16-1-2-17-18(15-16)24(33)28(23(17)32)19-3-4-21(30)27-22(19)31/h1-2,15,19,26H,3-14H2,(H2,25,29)(H,27,30,31). The summed E-state index contributed by atoms with van der Waals surface area (Å²) in [6, 6.07) is 3.82. The number of rotatable bonds is 17. The van der Waals surface area contributed by atoms with Gasteiger partial charge in [-0.05, 0) is 24.6 Å². The Hall–Kier alpha value is -3.39. The van der Waals surface area contributed by atoms with Crippen LogP contribution in [0.5, 0.6) is 0 Å². The molecule has 2 aliphatic rings. The first-order valence-electron chi connectivity index (χ1n) is 12.1. The van der Waals surface area contributed by atoms with E-state index in [-0.39, 0.29) is 37.0 Å². The highest BCUT2D eigenvalue weighted by molar-refractivity contribution is 6.23. The van der Waals surface area contributed by atoms with E-state index in [0.717, 1.165) is 4.90 Å². The second-order valence-electron chi connectivity index (χ2n) is 8.30. The lowest BCUT2D eigenvalue weighted by molar-refractivity contribution is -0.136. The van der Waals surface area contributed by atoms with Gasteiger partial charge >= 0.3 is 0 Å². The molecule has 1 atom stereocenters. The van der Waals surface area contributed by atoms with Crippen LogP contribution in [0.25, 0.3) is 0 Å². The number of carbonyl (C=O) groups is 5. The summed E-state index contributed by atoms with van der Waals surface area (Å²) < 4.78 is 21.4. The van der Waals surface area contributed by atoms with Crippen LogP contribution in [0.4, 0.5) is 5.69 Å². The molecular formula is C24H32N4O9. The minimum Gasteiger partial charge on any atom is -0.383 e. The number of ether oxygens (including phenoxy) is 4. The highest BCUT2D eigenvalue weighted by atomic mass is 16.6. The number of carbonyl (C=O) groups excluding carboxylic acids is 5. The third-order valence-electron chi connectivity index (χ3n) is 5.62. The van der Waals surface area contributed by atoms with Crippen LogP contribution < -0.4 is 16.4 Å². The number of benzene rings is 1. The molecule has 5 amide bonds. The van der Waals surface area contributed by atoms with Crippen molar-refractivity contribution in [3.63, 3.8) is 0 Å². The Morgan fingerprint density at radius 3 is 2.11 bits per heavy atom. The number of fused-ring (bicyclic) bond motifs is 1. The minimum absolute atomic E-state index is 0.0751. The van der Waals surface area contributed by atoms with Crippen molar-refractivity contribution < 1.29 is 42.9 Å². The van der Waals surface area contributed by atoms with Crippen molar-refractivity contribution in [2.45, 2.75) is 25.3 Å². The van der Waals surface area contributed by atoms with Crippen LogP contribution in [0.1, 0.15) is 40.0 Å². The van der Waals surface area contributed by atoms with Crippen molar-refractivity contribution >= 4 is 35.2 Å². The molecule has 0 saturated carbocycles. The molecule has 0 radical (unpaired) electrons. The number of anilines is 1. The van der Waals surface area contributed by atoms with Crippen LogP contribution >= 0.6 is 0 Å². The molecule has 4 N–H and O–H groups in total. The Kier molecular flexibility index (Phi) is 11.0. The summed E-state index contributed by atoms with van der Waals surface area (Å²) in [6.07, 6.45) is 0.382. The average molecular weight is 521 g/mol. The fourth-order valence-electron chi connectivity index (χ4n) is 3.78. The lowest BCUT2D eigenvalue weighted by atomic mass is 10.0. The highest BCUT2D eigenvalue weighted by Crippen LogP contribution is 2.29. The summed E-state index contributed by atoms with van der Waals surface area (Å²) >= 11 is 0. The molecule has 0 spiro atoms. The molecule has 1 aromatic rings. The zero-order chi connectivity index (χ0) is 26.6.